The number of hydrogen-bond donors (Lipinski definition) is 1. The quantitative estimate of drug-likeness (QED) is 0.857. The summed E-state index contributed by atoms with van der Waals surface area (Å²) in [6, 6.07) is 9.49. The van der Waals surface area contributed by atoms with Gasteiger partial charge in [-0.25, -0.2) is 0 Å². The average Bonchev–Trinajstić information content (AvgIpc) is 2.90. The first kappa shape index (κ1) is 13.1. The molecule has 0 aliphatic rings. The Morgan fingerprint density at radius 3 is 3.05 bits per heavy atom. The number of hydrogen-bond acceptors (Lipinski definition) is 3. The zero-order valence-electron chi connectivity index (χ0n) is 10.9. The molecule has 1 amide bonds. The molecule has 1 aromatic heterocycles. The minimum absolute atomic E-state index is 0.0643. The maximum absolute atomic E-state index is 11.7. The van der Waals surface area contributed by atoms with Crippen LogP contribution in [0.25, 0.3) is 0 Å². The number of aromatic nitrogens is 2. The molecule has 0 atom stereocenters. The van der Waals surface area contributed by atoms with Gasteiger partial charge in [0.05, 0.1) is 6.61 Å². The molecular formula is C14H17N3O2. The predicted molar refractivity (Wildman–Crippen MR) is 71.7 cm³/mol. The lowest BCUT2D eigenvalue weighted by Crippen LogP contribution is -2.27. The van der Waals surface area contributed by atoms with Crippen LogP contribution in [-0.2, 0) is 17.9 Å². The molecule has 100 valence electrons. The van der Waals surface area contributed by atoms with E-state index in [0.717, 1.165) is 11.3 Å². The van der Waals surface area contributed by atoms with Gasteiger partial charge in [0.2, 0.25) is 5.91 Å². The number of benzene rings is 1. The minimum atomic E-state index is -0.0643. The summed E-state index contributed by atoms with van der Waals surface area (Å²) in [4.78, 5) is 11.7. The first-order chi connectivity index (χ1) is 9.28. The Hall–Kier alpha value is -2.30. The summed E-state index contributed by atoms with van der Waals surface area (Å²) in [6.45, 7) is 3.30. The second kappa shape index (κ2) is 6.58. The first-order valence-electron chi connectivity index (χ1n) is 6.24. The van der Waals surface area contributed by atoms with E-state index in [1.807, 2.05) is 31.2 Å². The monoisotopic (exact) mass is 259 g/mol. The topological polar surface area (TPSA) is 56.1 Å². The predicted octanol–water partition coefficient (Wildman–Crippen LogP) is 1.60. The van der Waals surface area contributed by atoms with E-state index in [1.165, 1.54) is 0 Å². The molecule has 2 rings (SSSR count). The molecule has 1 heterocycles. The summed E-state index contributed by atoms with van der Waals surface area (Å²) in [7, 11) is 0. The van der Waals surface area contributed by atoms with E-state index in [2.05, 4.69) is 10.4 Å². The van der Waals surface area contributed by atoms with Crippen LogP contribution in [0, 0.1) is 0 Å². The molecule has 5 heteroatoms. The van der Waals surface area contributed by atoms with Crippen molar-refractivity contribution in [1.82, 2.24) is 15.1 Å². The molecule has 19 heavy (non-hydrogen) atoms. The Kier molecular flexibility index (Phi) is 4.55. The molecule has 0 saturated heterocycles. The Morgan fingerprint density at radius 1 is 1.42 bits per heavy atom. The molecule has 0 spiro atoms. The fourth-order valence-corrected chi connectivity index (χ4v) is 1.71. The van der Waals surface area contributed by atoms with Gasteiger partial charge in [0.1, 0.15) is 12.3 Å². The third kappa shape index (κ3) is 4.13. The van der Waals surface area contributed by atoms with Crippen LogP contribution in [0.3, 0.4) is 0 Å². The molecule has 0 saturated carbocycles. The molecule has 0 radical (unpaired) electrons. The van der Waals surface area contributed by atoms with Gasteiger partial charge in [-0.1, -0.05) is 12.1 Å². The van der Waals surface area contributed by atoms with Crippen molar-refractivity contribution in [2.24, 2.45) is 0 Å². The van der Waals surface area contributed by atoms with Crippen molar-refractivity contribution in [1.29, 1.82) is 0 Å². The highest BCUT2D eigenvalue weighted by Gasteiger charge is 2.03. The van der Waals surface area contributed by atoms with Crippen LogP contribution < -0.4 is 10.1 Å². The van der Waals surface area contributed by atoms with E-state index in [1.54, 1.807) is 23.1 Å². The maximum Gasteiger partial charge on any atom is 0.241 e. The summed E-state index contributed by atoms with van der Waals surface area (Å²) >= 11 is 0. The van der Waals surface area contributed by atoms with Crippen LogP contribution in [0.5, 0.6) is 5.75 Å². The fraction of sp³-hybridized carbons (Fsp3) is 0.286. The highest BCUT2D eigenvalue weighted by atomic mass is 16.5. The van der Waals surface area contributed by atoms with Gasteiger partial charge in [-0.3, -0.25) is 9.48 Å². The van der Waals surface area contributed by atoms with Gasteiger partial charge >= 0.3 is 0 Å². The van der Waals surface area contributed by atoms with Crippen LogP contribution in [0.15, 0.2) is 42.7 Å². The SMILES string of the molecule is CCOc1cccc(CNC(=O)Cn2cccn2)c1. The molecule has 0 aliphatic heterocycles. The Labute approximate surface area is 112 Å². The molecule has 0 bridgehead atoms. The van der Waals surface area contributed by atoms with Crippen LogP contribution in [0.4, 0.5) is 0 Å². The third-order valence-corrected chi connectivity index (χ3v) is 2.56. The molecule has 2 aromatic rings. The van der Waals surface area contributed by atoms with Crippen LogP contribution >= 0.6 is 0 Å². The number of ether oxygens (including phenoxy) is 1. The maximum atomic E-state index is 11.7. The molecule has 1 aromatic carbocycles. The smallest absolute Gasteiger partial charge is 0.241 e. The normalized spacial score (nSPS) is 10.2. The second-order valence-electron chi connectivity index (χ2n) is 4.06. The zero-order valence-corrected chi connectivity index (χ0v) is 10.9. The number of carbonyl (C=O) groups excluding carboxylic acids is 1. The molecular weight excluding hydrogens is 242 g/mol. The molecule has 1 N–H and O–H groups in total. The Bertz CT molecular complexity index is 523. The molecule has 0 fully saturated rings. The van der Waals surface area contributed by atoms with E-state index >= 15 is 0 Å². The average molecular weight is 259 g/mol. The zero-order chi connectivity index (χ0) is 13.5. The largest absolute Gasteiger partial charge is 0.494 e. The lowest BCUT2D eigenvalue weighted by atomic mass is 10.2. The van der Waals surface area contributed by atoms with Crippen LogP contribution in [-0.4, -0.2) is 22.3 Å². The number of nitrogens with zero attached hydrogens (tertiary/aromatic N) is 2. The summed E-state index contributed by atoms with van der Waals surface area (Å²) in [5.41, 5.74) is 1.01. The molecule has 5 nitrogen and oxygen atoms in total. The van der Waals surface area contributed by atoms with Crippen LogP contribution in [0.1, 0.15) is 12.5 Å². The van der Waals surface area contributed by atoms with Crippen LogP contribution in [0.2, 0.25) is 0 Å². The number of amides is 1. The Morgan fingerprint density at radius 2 is 2.32 bits per heavy atom. The van der Waals surface area contributed by atoms with Crippen molar-refractivity contribution in [3.05, 3.63) is 48.3 Å². The molecule has 0 aliphatic carbocycles. The number of nitrogens with one attached hydrogen (secondary N) is 1. The van der Waals surface area contributed by atoms with Gasteiger partial charge in [0.25, 0.3) is 0 Å². The van der Waals surface area contributed by atoms with E-state index < -0.39 is 0 Å². The van der Waals surface area contributed by atoms with Crippen molar-refractivity contribution in [2.45, 2.75) is 20.0 Å². The number of rotatable bonds is 6. The highest BCUT2D eigenvalue weighted by Crippen LogP contribution is 2.12. The van der Waals surface area contributed by atoms with Crippen molar-refractivity contribution in [2.75, 3.05) is 6.61 Å². The summed E-state index contributed by atoms with van der Waals surface area (Å²) in [5.74, 6) is 0.756. The van der Waals surface area contributed by atoms with E-state index in [9.17, 15) is 4.79 Å². The van der Waals surface area contributed by atoms with Crippen molar-refractivity contribution in [3.63, 3.8) is 0 Å². The van der Waals surface area contributed by atoms with E-state index in [-0.39, 0.29) is 12.5 Å². The number of carbonyl (C=O) groups is 1. The third-order valence-electron chi connectivity index (χ3n) is 2.56. The van der Waals surface area contributed by atoms with Gasteiger partial charge in [-0.15, -0.1) is 0 Å². The minimum Gasteiger partial charge on any atom is -0.494 e. The summed E-state index contributed by atoms with van der Waals surface area (Å²) in [6.07, 6.45) is 3.41. The van der Waals surface area contributed by atoms with Gasteiger partial charge in [-0.05, 0) is 30.7 Å². The summed E-state index contributed by atoms with van der Waals surface area (Å²) in [5, 5.41) is 6.84. The van der Waals surface area contributed by atoms with Gasteiger partial charge in [0.15, 0.2) is 0 Å². The first-order valence-corrected chi connectivity index (χ1v) is 6.24. The second-order valence-corrected chi connectivity index (χ2v) is 4.06. The van der Waals surface area contributed by atoms with E-state index in [4.69, 9.17) is 4.74 Å². The van der Waals surface area contributed by atoms with Crippen molar-refractivity contribution in [3.8, 4) is 5.75 Å². The lowest BCUT2D eigenvalue weighted by Gasteiger charge is -2.08. The van der Waals surface area contributed by atoms with E-state index in [0.29, 0.717) is 13.2 Å². The molecule has 0 unspecified atom stereocenters. The van der Waals surface area contributed by atoms with Crippen molar-refractivity contribution < 1.29 is 9.53 Å². The fourth-order valence-electron chi connectivity index (χ4n) is 1.71. The summed E-state index contributed by atoms with van der Waals surface area (Å²) < 4.78 is 7.00. The van der Waals surface area contributed by atoms with Gasteiger partial charge in [0, 0.05) is 18.9 Å². The van der Waals surface area contributed by atoms with Gasteiger partial charge < -0.3 is 10.1 Å². The van der Waals surface area contributed by atoms with Crippen molar-refractivity contribution >= 4 is 5.91 Å². The Balaban J connectivity index is 1.84. The highest BCUT2D eigenvalue weighted by molar-refractivity contribution is 5.75. The lowest BCUT2D eigenvalue weighted by molar-refractivity contribution is -0.122. The van der Waals surface area contributed by atoms with Gasteiger partial charge in [-0.2, -0.15) is 5.10 Å². The standard InChI is InChI=1S/C14H17N3O2/c1-2-19-13-6-3-5-12(9-13)10-15-14(18)11-17-8-4-7-16-17/h3-9H,2,10-11H2,1H3,(H,15,18).